The second-order valence-electron chi connectivity index (χ2n) is 4.87. The van der Waals surface area contributed by atoms with Gasteiger partial charge in [0.1, 0.15) is 5.00 Å². The van der Waals surface area contributed by atoms with Crippen molar-refractivity contribution < 1.29 is 9.59 Å². The molecule has 0 bridgehead atoms. The van der Waals surface area contributed by atoms with Crippen molar-refractivity contribution in [3.63, 3.8) is 0 Å². The predicted octanol–water partition coefficient (Wildman–Crippen LogP) is 3.86. The number of hydrogen-bond donors (Lipinski definition) is 1. The number of carbonyl (C=O) groups is 2. The van der Waals surface area contributed by atoms with Crippen molar-refractivity contribution in [1.82, 2.24) is 0 Å². The van der Waals surface area contributed by atoms with Crippen LogP contribution in [0, 0.1) is 20.8 Å². The highest BCUT2D eigenvalue weighted by atomic mass is 32.1. The van der Waals surface area contributed by atoms with Gasteiger partial charge in [0.2, 0.25) is 5.91 Å². The first-order valence-electron chi connectivity index (χ1n) is 6.39. The van der Waals surface area contributed by atoms with Gasteiger partial charge in [0.25, 0.3) is 0 Å². The van der Waals surface area contributed by atoms with Gasteiger partial charge in [-0.15, -0.1) is 11.3 Å². The summed E-state index contributed by atoms with van der Waals surface area (Å²) in [4.78, 5) is 25.0. The maximum absolute atomic E-state index is 12.7. The molecule has 20 heavy (non-hydrogen) atoms. The van der Waals surface area contributed by atoms with Crippen LogP contribution in [0.15, 0.2) is 24.3 Å². The lowest BCUT2D eigenvalue weighted by Crippen LogP contribution is -2.10. The summed E-state index contributed by atoms with van der Waals surface area (Å²) in [5, 5.41) is 3.40. The van der Waals surface area contributed by atoms with Crippen LogP contribution in [0.5, 0.6) is 0 Å². The third-order valence-corrected chi connectivity index (χ3v) is 4.30. The number of rotatable bonds is 3. The Morgan fingerprint density at radius 2 is 1.85 bits per heavy atom. The van der Waals surface area contributed by atoms with Crippen LogP contribution >= 0.6 is 11.3 Å². The number of aryl methyl sites for hydroxylation is 2. The van der Waals surface area contributed by atoms with Gasteiger partial charge in [-0.05, 0) is 32.4 Å². The lowest BCUT2D eigenvalue weighted by atomic mass is 10.00. The first-order valence-corrected chi connectivity index (χ1v) is 7.20. The van der Waals surface area contributed by atoms with Crippen molar-refractivity contribution in [3.05, 3.63) is 51.4 Å². The van der Waals surface area contributed by atoms with E-state index < -0.39 is 0 Å². The minimum atomic E-state index is -0.162. The zero-order chi connectivity index (χ0) is 14.9. The maximum Gasteiger partial charge on any atom is 0.221 e. The molecule has 0 saturated heterocycles. The van der Waals surface area contributed by atoms with Gasteiger partial charge in [-0.25, -0.2) is 0 Å². The van der Waals surface area contributed by atoms with Gasteiger partial charge in [-0.3, -0.25) is 9.59 Å². The number of amides is 1. The van der Waals surface area contributed by atoms with Crippen molar-refractivity contribution in [3.8, 4) is 0 Å². The number of nitrogens with one attached hydrogen (secondary N) is 1. The van der Waals surface area contributed by atoms with E-state index >= 15 is 0 Å². The number of hydrogen-bond acceptors (Lipinski definition) is 3. The summed E-state index contributed by atoms with van der Waals surface area (Å²) in [5.41, 5.74) is 3.23. The van der Waals surface area contributed by atoms with E-state index in [0.29, 0.717) is 16.1 Å². The highest BCUT2D eigenvalue weighted by Crippen LogP contribution is 2.34. The van der Waals surface area contributed by atoms with Gasteiger partial charge in [0.15, 0.2) is 5.78 Å². The fraction of sp³-hybridized carbons (Fsp3) is 0.250. The molecule has 1 aromatic heterocycles. The summed E-state index contributed by atoms with van der Waals surface area (Å²) in [7, 11) is 0. The quantitative estimate of drug-likeness (QED) is 0.871. The molecule has 1 aromatic carbocycles. The maximum atomic E-state index is 12.7. The topological polar surface area (TPSA) is 46.2 Å². The smallest absolute Gasteiger partial charge is 0.221 e. The first-order chi connectivity index (χ1) is 9.40. The van der Waals surface area contributed by atoms with Crippen LogP contribution in [0.4, 0.5) is 5.00 Å². The molecular weight excluding hydrogens is 270 g/mol. The Kier molecular flexibility index (Phi) is 4.04. The average Bonchev–Trinajstić information content (AvgIpc) is 2.63. The van der Waals surface area contributed by atoms with Crippen LogP contribution in [0.2, 0.25) is 0 Å². The standard InChI is InChI=1S/C16H17NO2S/c1-9-6-5-7-13(8-9)15(19)14-10(2)11(3)20-16(14)17-12(4)18/h5-8H,1-4H3,(H,17,18). The Hall–Kier alpha value is -1.94. The van der Waals surface area contributed by atoms with Crippen LogP contribution in [0.3, 0.4) is 0 Å². The summed E-state index contributed by atoms with van der Waals surface area (Å²) in [6.07, 6.45) is 0. The number of benzene rings is 1. The van der Waals surface area contributed by atoms with Gasteiger partial charge in [0.05, 0.1) is 5.56 Å². The molecule has 1 amide bonds. The fourth-order valence-corrected chi connectivity index (χ4v) is 3.18. The van der Waals surface area contributed by atoms with Gasteiger partial charge >= 0.3 is 0 Å². The summed E-state index contributed by atoms with van der Waals surface area (Å²) in [5.74, 6) is -0.205. The average molecular weight is 287 g/mol. The number of carbonyl (C=O) groups excluding carboxylic acids is 2. The molecule has 0 saturated carbocycles. The number of anilines is 1. The van der Waals surface area contributed by atoms with E-state index in [1.165, 1.54) is 18.3 Å². The second-order valence-corrected chi connectivity index (χ2v) is 6.09. The number of ketones is 1. The molecule has 0 atom stereocenters. The molecule has 0 radical (unpaired) electrons. The Balaban J connectivity index is 2.51. The summed E-state index contributed by atoms with van der Waals surface area (Å²) in [6.45, 7) is 7.28. The highest BCUT2D eigenvalue weighted by Gasteiger charge is 2.21. The fourth-order valence-electron chi connectivity index (χ4n) is 2.08. The molecule has 2 rings (SSSR count). The van der Waals surface area contributed by atoms with Gasteiger partial charge in [-0.1, -0.05) is 23.8 Å². The molecule has 0 aliphatic carbocycles. The third-order valence-electron chi connectivity index (χ3n) is 3.18. The molecule has 0 aliphatic heterocycles. The molecular formula is C16H17NO2S. The van der Waals surface area contributed by atoms with Crippen LogP contribution in [-0.2, 0) is 4.79 Å². The normalized spacial score (nSPS) is 10.4. The molecule has 0 spiro atoms. The van der Waals surface area contributed by atoms with E-state index in [4.69, 9.17) is 0 Å². The molecule has 1 heterocycles. The highest BCUT2D eigenvalue weighted by molar-refractivity contribution is 7.16. The Morgan fingerprint density at radius 1 is 1.15 bits per heavy atom. The monoisotopic (exact) mass is 287 g/mol. The van der Waals surface area contributed by atoms with E-state index in [9.17, 15) is 9.59 Å². The lowest BCUT2D eigenvalue weighted by molar-refractivity contribution is -0.114. The zero-order valence-corrected chi connectivity index (χ0v) is 12.9. The van der Waals surface area contributed by atoms with Crippen molar-refractivity contribution in [2.45, 2.75) is 27.7 Å². The lowest BCUT2D eigenvalue weighted by Gasteiger charge is -2.06. The second kappa shape index (κ2) is 5.59. The van der Waals surface area contributed by atoms with Crippen molar-refractivity contribution in [2.24, 2.45) is 0 Å². The van der Waals surface area contributed by atoms with E-state index in [0.717, 1.165) is 16.0 Å². The van der Waals surface area contributed by atoms with Crippen molar-refractivity contribution in [1.29, 1.82) is 0 Å². The Labute approximate surface area is 122 Å². The first kappa shape index (κ1) is 14.5. The minimum absolute atomic E-state index is 0.0423. The Morgan fingerprint density at radius 3 is 2.45 bits per heavy atom. The van der Waals surface area contributed by atoms with Crippen LogP contribution < -0.4 is 5.32 Å². The summed E-state index contributed by atoms with van der Waals surface area (Å²) < 4.78 is 0. The Bertz CT molecular complexity index is 686. The zero-order valence-electron chi connectivity index (χ0n) is 12.0. The SMILES string of the molecule is CC(=O)Nc1sc(C)c(C)c1C(=O)c1cccc(C)c1. The largest absolute Gasteiger partial charge is 0.317 e. The van der Waals surface area contributed by atoms with E-state index in [-0.39, 0.29) is 11.7 Å². The molecule has 1 N–H and O–H groups in total. The van der Waals surface area contributed by atoms with Gasteiger partial charge in [0, 0.05) is 17.4 Å². The van der Waals surface area contributed by atoms with E-state index in [1.54, 1.807) is 6.07 Å². The summed E-state index contributed by atoms with van der Waals surface area (Å²) >= 11 is 1.44. The van der Waals surface area contributed by atoms with Crippen LogP contribution in [0.1, 0.15) is 38.8 Å². The van der Waals surface area contributed by atoms with E-state index in [1.807, 2.05) is 39.0 Å². The molecule has 4 heteroatoms. The van der Waals surface area contributed by atoms with Gasteiger partial charge in [-0.2, -0.15) is 0 Å². The summed E-state index contributed by atoms with van der Waals surface area (Å²) in [6, 6.07) is 7.50. The third kappa shape index (κ3) is 2.80. The molecule has 2 aromatic rings. The molecule has 0 aliphatic rings. The number of thiophene rings is 1. The molecule has 3 nitrogen and oxygen atoms in total. The molecule has 0 unspecified atom stereocenters. The van der Waals surface area contributed by atoms with Crippen LogP contribution in [-0.4, -0.2) is 11.7 Å². The van der Waals surface area contributed by atoms with Gasteiger partial charge < -0.3 is 5.32 Å². The van der Waals surface area contributed by atoms with Crippen LogP contribution in [0.25, 0.3) is 0 Å². The predicted molar refractivity (Wildman–Crippen MR) is 82.7 cm³/mol. The van der Waals surface area contributed by atoms with E-state index in [2.05, 4.69) is 5.32 Å². The minimum Gasteiger partial charge on any atom is -0.317 e. The van der Waals surface area contributed by atoms with Crippen molar-refractivity contribution >= 4 is 28.0 Å². The molecule has 0 fully saturated rings. The van der Waals surface area contributed by atoms with Crippen molar-refractivity contribution in [2.75, 3.05) is 5.32 Å². The molecule has 104 valence electrons.